The molecular formula is C31H34N4O7. The number of nitrogens with two attached hydrogens (primary N) is 2. The molecule has 0 aromatic heterocycles. The normalized spacial score (nSPS) is 28.0. The van der Waals surface area contributed by atoms with Gasteiger partial charge in [-0.25, -0.2) is 0 Å². The fraction of sp³-hybridized carbons (Fsp3) is 0.452. The summed E-state index contributed by atoms with van der Waals surface area (Å²) >= 11 is 0. The van der Waals surface area contributed by atoms with Crippen LogP contribution in [0.4, 0.5) is 5.69 Å². The van der Waals surface area contributed by atoms with Gasteiger partial charge >= 0.3 is 0 Å². The van der Waals surface area contributed by atoms with Crippen molar-refractivity contribution >= 4 is 35.0 Å². The van der Waals surface area contributed by atoms with Crippen LogP contribution in [0.3, 0.4) is 0 Å². The lowest BCUT2D eigenvalue weighted by atomic mass is 9.79. The summed E-state index contributed by atoms with van der Waals surface area (Å²) in [6.45, 7) is 0.0563. The molecule has 6 rings (SSSR count). The number of carbonyl (C=O) groups excluding carboxylic acids is 5. The number of Topliss-reactive ketones (excluding diaryl/α,β-unsaturated/α-hetero) is 2. The highest BCUT2D eigenvalue weighted by Crippen LogP contribution is 2.41. The molecule has 2 aromatic rings. The summed E-state index contributed by atoms with van der Waals surface area (Å²) in [6, 6.07) is 15.7. The number of likely N-dealkylation sites (tertiary alicyclic amines) is 2. The number of ether oxygens (including phenoxy) is 2. The summed E-state index contributed by atoms with van der Waals surface area (Å²) in [6.07, 6.45) is -0.0517. The monoisotopic (exact) mass is 574 g/mol. The summed E-state index contributed by atoms with van der Waals surface area (Å²) in [5.74, 6) is -4.40. The molecule has 0 bridgehead atoms. The Morgan fingerprint density at radius 1 is 0.857 bits per heavy atom. The van der Waals surface area contributed by atoms with Crippen molar-refractivity contribution in [3.05, 3.63) is 65.7 Å². The molecule has 0 radical (unpaired) electrons. The minimum atomic E-state index is -1.91. The van der Waals surface area contributed by atoms with Gasteiger partial charge in [0.05, 0.1) is 24.0 Å². The minimum absolute atomic E-state index is 0.0470. The van der Waals surface area contributed by atoms with Crippen molar-refractivity contribution in [2.45, 2.75) is 49.5 Å². The summed E-state index contributed by atoms with van der Waals surface area (Å²) in [5, 5.41) is 0. The highest BCUT2D eigenvalue weighted by Gasteiger charge is 2.65. The molecule has 4 aliphatic rings. The molecule has 11 heteroatoms. The molecule has 6 atom stereocenters. The molecule has 4 saturated heterocycles. The van der Waals surface area contributed by atoms with Crippen LogP contribution in [-0.4, -0.2) is 89.2 Å². The largest absolute Gasteiger partial charge is 0.399 e. The maximum Gasteiger partial charge on any atom is 0.254 e. The lowest BCUT2D eigenvalue weighted by Crippen LogP contribution is -2.65. The van der Waals surface area contributed by atoms with E-state index in [1.165, 1.54) is 4.90 Å². The Kier molecular flexibility index (Phi) is 7.32. The first-order valence-electron chi connectivity index (χ1n) is 14.3. The van der Waals surface area contributed by atoms with Gasteiger partial charge in [-0.05, 0) is 48.9 Å². The van der Waals surface area contributed by atoms with E-state index in [0.29, 0.717) is 18.7 Å². The molecule has 0 saturated carbocycles. The average Bonchev–Trinajstić information content (AvgIpc) is 3.75. The predicted octanol–water partition coefficient (Wildman–Crippen LogP) is 0.280. The highest BCUT2D eigenvalue weighted by atomic mass is 16.5. The zero-order chi connectivity index (χ0) is 29.6. The van der Waals surface area contributed by atoms with Crippen LogP contribution in [0.15, 0.2) is 54.6 Å². The molecule has 2 aromatic carbocycles. The summed E-state index contributed by atoms with van der Waals surface area (Å²) < 4.78 is 11.2. The lowest BCUT2D eigenvalue weighted by molar-refractivity contribution is -0.156. The van der Waals surface area contributed by atoms with Crippen molar-refractivity contribution in [3.63, 3.8) is 0 Å². The first-order chi connectivity index (χ1) is 20.2. The zero-order valence-electron chi connectivity index (χ0n) is 23.1. The Morgan fingerprint density at radius 2 is 1.52 bits per heavy atom. The molecule has 0 spiro atoms. The molecule has 4 N–H and O–H groups in total. The third-order valence-electron chi connectivity index (χ3n) is 9.24. The van der Waals surface area contributed by atoms with Crippen molar-refractivity contribution in [1.82, 2.24) is 9.80 Å². The molecule has 4 aliphatic heterocycles. The summed E-state index contributed by atoms with van der Waals surface area (Å²) in [5.41, 5.74) is 12.0. The quantitative estimate of drug-likeness (QED) is 0.336. The number of amides is 3. The number of carbonyl (C=O) groups is 5. The second kappa shape index (κ2) is 11.0. The Labute approximate surface area is 243 Å². The molecule has 4 fully saturated rings. The van der Waals surface area contributed by atoms with Crippen LogP contribution in [0.5, 0.6) is 0 Å². The average molecular weight is 575 g/mol. The fourth-order valence-corrected chi connectivity index (χ4v) is 7.17. The Bertz CT molecular complexity index is 1410. The molecule has 42 heavy (non-hydrogen) atoms. The topological polar surface area (TPSA) is 162 Å². The number of ketones is 2. The van der Waals surface area contributed by atoms with Crippen molar-refractivity contribution in [1.29, 1.82) is 0 Å². The number of anilines is 1. The van der Waals surface area contributed by atoms with Crippen LogP contribution in [0, 0.1) is 11.8 Å². The maximum atomic E-state index is 14.7. The highest BCUT2D eigenvalue weighted by molar-refractivity contribution is 6.15. The molecular weight excluding hydrogens is 540 g/mol. The van der Waals surface area contributed by atoms with Gasteiger partial charge in [-0.1, -0.05) is 42.5 Å². The van der Waals surface area contributed by atoms with E-state index in [9.17, 15) is 24.0 Å². The van der Waals surface area contributed by atoms with E-state index in [2.05, 4.69) is 0 Å². The number of nitrogen functional groups attached to an aromatic ring is 1. The third-order valence-corrected chi connectivity index (χ3v) is 9.24. The summed E-state index contributed by atoms with van der Waals surface area (Å²) in [7, 11) is 0. The van der Waals surface area contributed by atoms with Crippen LogP contribution in [0.2, 0.25) is 0 Å². The number of fused-ring (bicyclic) bond motifs is 2. The second-order valence-corrected chi connectivity index (χ2v) is 11.6. The smallest absolute Gasteiger partial charge is 0.254 e. The predicted molar refractivity (Wildman–Crippen MR) is 150 cm³/mol. The SMILES string of the molecule is NC(=O)C12C(=O)COC1CCN2C(=O)C(Cc1ccc(N)cc1)C(Cc1ccccc1)C(=O)N1CCC2OCC(=O)C21. The fourth-order valence-electron chi connectivity index (χ4n) is 7.17. The number of hydrogen-bond acceptors (Lipinski definition) is 8. The van der Waals surface area contributed by atoms with Crippen LogP contribution in [-0.2, 0) is 46.3 Å². The van der Waals surface area contributed by atoms with E-state index < -0.39 is 47.1 Å². The molecule has 220 valence electrons. The van der Waals surface area contributed by atoms with Crippen molar-refractivity contribution in [2.75, 3.05) is 32.0 Å². The Morgan fingerprint density at radius 3 is 2.21 bits per heavy atom. The van der Waals surface area contributed by atoms with E-state index >= 15 is 0 Å². The van der Waals surface area contributed by atoms with Gasteiger partial charge in [0, 0.05) is 18.8 Å². The molecule has 0 aliphatic carbocycles. The Balaban J connectivity index is 1.43. The molecule has 11 nitrogen and oxygen atoms in total. The van der Waals surface area contributed by atoms with Crippen molar-refractivity contribution in [2.24, 2.45) is 17.6 Å². The van der Waals surface area contributed by atoms with Gasteiger partial charge in [0.2, 0.25) is 17.4 Å². The first-order valence-corrected chi connectivity index (χ1v) is 14.3. The van der Waals surface area contributed by atoms with Crippen LogP contribution in [0.25, 0.3) is 0 Å². The van der Waals surface area contributed by atoms with Crippen molar-refractivity contribution < 1.29 is 33.4 Å². The second-order valence-electron chi connectivity index (χ2n) is 11.6. The number of primary amides is 1. The maximum absolute atomic E-state index is 14.7. The number of nitrogens with zero attached hydrogens (tertiary/aromatic N) is 2. The molecule has 3 amide bonds. The van der Waals surface area contributed by atoms with Gasteiger partial charge in [0.1, 0.15) is 19.3 Å². The third kappa shape index (κ3) is 4.57. The van der Waals surface area contributed by atoms with Gasteiger partial charge in [0.15, 0.2) is 11.6 Å². The lowest BCUT2D eigenvalue weighted by Gasteiger charge is -2.38. The molecule has 4 heterocycles. The molecule has 6 unspecified atom stereocenters. The Hall–Kier alpha value is -4.09. The zero-order valence-corrected chi connectivity index (χ0v) is 23.1. The first kappa shape index (κ1) is 28.0. The van der Waals surface area contributed by atoms with E-state index in [4.69, 9.17) is 20.9 Å². The minimum Gasteiger partial charge on any atom is -0.399 e. The number of hydrogen-bond donors (Lipinski definition) is 2. The van der Waals surface area contributed by atoms with Gasteiger partial charge in [-0.2, -0.15) is 0 Å². The van der Waals surface area contributed by atoms with Gasteiger partial charge in [-0.3, -0.25) is 24.0 Å². The summed E-state index contributed by atoms with van der Waals surface area (Å²) in [4.78, 5) is 70.8. The standard InChI is InChI=1S/C31H34N4O7/c32-20-8-6-19(7-9-20)15-22(29(39)35-13-11-26-31(35,30(33)40)25(37)17-42-26)21(14-18-4-2-1-3-5-18)28(38)34-12-10-24-27(34)23(36)16-41-24/h1-9,21-22,24,26-27H,10-17,32H2,(H2,33,40). The number of rotatable bonds is 8. The van der Waals surface area contributed by atoms with E-state index in [0.717, 1.165) is 11.1 Å². The van der Waals surface area contributed by atoms with Crippen LogP contribution in [0.1, 0.15) is 24.0 Å². The van der Waals surface area contributed by atoms with E-state index in [1.54, 1.807) is 29.2 Å². The van der Waals surface area contributed by atoms with Crippen molar-refractivity contribution in [3.8, 4) is 0 Å². The van der Waals surface area contributed by atoms with E-state index in [1.807, 2.05) is 30.3 Å². The van der Waals surface area contributed by atoms with Crippen LogP contribution >= 0.6 is 0 Å². The van der Waals surface area contributed by atoms with Gasteiger partial charge in [0.25, 0.3) is 5.91 Å². The van der Waals surface area contributed by atoms with Gasteiger partial charge < -0.3 is 30.7 Å². The van der Waals surface area contributed by atoms with E-state index in [-0.39, 0.29) is 56.8 Å². The van der Waals surface area contributed by atoms with Gasteiger partial charge in [-0.15, -0.1) is 0 Å². The van der Waals surface area contributed by atoms with Crippen LogP contribution < -0.4 is 11.5 Å². The number of benzene rings is 2.